The molecule has 2 atom stereocenters. The van der Waals surface area contributed by atoms with Crippen LogP contribution in [0.4, 0.5) is 0 Å². The third kappa shape index (κ3) is 2.18. The summed E-state index contributed by atoms with van der Waals surface area (Å²) >= 11 is 3.83. The van der Waals surface area contributed by atoms with Gasteiger partial charge >= 0.3 is 0 Å². The van der Waals surface area contributed by atoms with Gasteiger partial charge in [-0.1, -0.05) is 19.1 Å². The van der Waals surface area contributed by atoms with Crippen molar-refractivity contribution in [2.24, 2.45) is 5.92 Å². The number of thioether (sulfide) groups is 2. The summed E-state index contributed by atoms with van der Waals surface area (Å²) in [6.45, 7) is 5.19. The normalized spacial score (nSPS) is 37.7. The molecule has 0 aromatic rings. The second-order valence-corrected chi connectivity index (χ2v) is 7.44. The molecule has 0 spiro atoms. The minimum Gasteiger partial charge on any atom is -0.366 e. The second kappa shape index (κ2) is 5.55. The molecule has 2 nitrogen and oxygen atoms in total. The van der Waals surface area contributed by atoms with Crippen LogP contribution in [0.2, 0.25) is 0 Å². The molecule has 0 radical (unpaired) electrons. The van der Waals surface area contributed by atoms with Crippen molar-refractivity contribution in [3.63, 3.8) is 0 Å². The Labute approximate surface area is 113 Å². The predicted octanol–water partition coefficient (Wildman–Crippen LogP) is 3.53. The van der Waals surface area contributed by atoms with Gasteiger partial charge in [0.15, 0.2) is 4.27 Å². The first-order valence-corrected chi connectivity index (χ1v) is 8.29. The number of rotatable bonds is 3. The van der Waals surface area contributed by atoms with Gasteiger partial charge < -0.3 is 9.47 Å². The number of hydrogen-bond donors (Lipinski definition) is 0. The molecule has 2 aliphatic heterocycles. The molecule has 2 aliphatic rings. The molecule has 98 valence electrons. The monoisotopic (exact) mass is 274 g/mol. The first-order chi connectivity index (χ1) is 8.21. The number of hydrogen-bond acceptors (Lipinski definition) is 4. The molecular formula is C13H22O2S2. The van der Waals surface area contributed by atoms with E-state index < -0.39 is 0 Å². The molecule has 2 saturated heterocycles. The first kappa shape index (κ1) is 13.8. The fourth-order valence-electron chi connectivity index (χ4n) is 2.73. The zero-order valence-electron chi connectivity index (χ0n) is 10.9. The fraction of sp³-hybridized carbons (Fsp3) is 0.846. The average molecular weight is 274 g/mol. The van der Waals surface area contributed by atoms with Crippen LogP contribution in [0.5, 0.6) is 0 Å². The van der Waals surface area contributed by atoms with Crippen LogP contribution in [0.15, 0.2) is 12.2 Å². The average Bonchev–Trinajstić information content (AvgIpc) is 2.74. The van der Waals surface area contributed by atoms with E-state index >= 15 is 0 Å². The van der Waals surface area contributed by atoms with E-state index in [4.69, 9.17) is 9.47 Å². The van der Waals surface area contributed by atoms with Crippen LogP contribution in [-0.2, 0) is 9.47 Å². The van der Waals surface area contributed by atoms with Gasteiger partial charge in [-0.05, 0) is 37.2 Å². The van der Waals surface area contributed by atoms with E-state index in [1.54, 1.807) is 0 Å². The molecule has 0 aromatic heterocycles. The van der Waals surface area contributed by atoms with Gasteiger partial charge in [-0.3, -0.25) is 0 Å². The quantitative estimate of drug-likeness (QED) is 0.733. The summed E-state index contributed by atoms with van der Waals surface area (Å²) in [6, 6.07) is 0. The van der Waals surface area contributed by atoms with E-state index in [1.165, 1.54) is 6.42 Å². The lowest BCUT2D eigenvalue weighted by Crippen LogP contribution is -2.54. The van der Waals surface area contributed by atoms with Crippen LogP contribution < -0.4 is 0 Å². The number of methoxy groups -OCH3 is 1. The molecule has 0 amide bonds. The van der Waals surface area contributed by atoms with Gasteiger partial charge in [-0.2, -0.15) is 0 Å². The van der Waals surface area contributed by atoms with Crippen molar-refractivity contribution in [3.05, 3.63) is 12.2 Å². The van der Waals surface area contributed by atoms with Gasteiger partial charge in [-0.25, -0.2) is 0 Å². The van der Waals surface area contributed by atoms with Crippen molar-refractivity contribution in [3.8, 4) is 0 Å². The molecule has 0 saturated carbocycles. The summed E-state index contributed by atoms with van der Waals surface area (Å²) in [5.41, 5.74) is -0.258. The van der Waals surface area contributed by atoms with Crippen molar-refractivity contribution in [2.45, 2.75) is 36.6 Å². The van der Waals surface area contributed by atoms with E-state index in [2.05, 4.69) is 26.0 Å². The highest BCUT2D eigenvalue weighted by molar-refractivity contribution is 8.18. The van der Waals surface area contributed by atoms with Crippen molar-refractivity contribution >= 4 is 23.5 Å². The van der Waals surface area contributed by atoms with E-state index in [-0.39, 0.29) is 9.87 Å². The Kier molecular flexibility index (Phi) is 4.50. The third-order valence-electron chi connectivity index (χ3n) is 3.66. The van der Waals surface area contributed by atoms with Gasteiger partial charge in [0.25, 0.3) is 0 Å². The minimum atomic E-state index is -0.258. The van der Waals surface area contributed by atoms with Gasteiger partial charge in [0, 0.05) is 13.7 Å². The zero-order chi connectivity index (χ0) is 12.4. The van der Waals surface area contributed by atoms with E-state index in [0.717, 1.165) is 24.5 Å². The maximum absolute atomic E-state index is 6.17. The lowest BCUT2D eigenvalue weighted by molar-refractivity contribution is -0.0687. The molecule has 0 bridgehead atoms. The molecule has 0 aromatic carbocycles. The van der Waals surface area contributed by atoms with E-state index in [1.807, 2.05) is 30.6 Å². The summed E-state index contributed by atoms with van der Waals surface area (Å²) in [7, 11) is 1.82. The third-order valence-corrected chi connectivity index (χ3v) is 7.08. The maximum atomic E-state index is 6.17. The molecule has 4 heteroatoms. The Morgan fingerprint density at radius 2 is 2.06 bits per heavy atom. The second-order valence-electron chi connectivity index (χ2n) is 4.64. The van der Waals surface area contributed by atoms with E-state index in [0.29, 0.717) is 5.92 Å². The van der Waals surface area contributed by atoms with Crippen molar-refractivity contribution < 1.29 is 9.47 Å². The summed E-state index contributed by atoms with van der Waals surface area (Å²) < 4.78 is 11.9. The highest BCUT2D eigenvalue weighted by Crippen LogP contribution is 2.57. The maximum Gasteiger partial charge on any atom is 0.193 e. The van der Waals surface area contributed by atoms with E-state index in [9.17, 15) is 0 Å². The molecular weight excluding hydrogens is 252 g/mol. The summed E-state index contributed by atoms with van der Waals surface area (Å²) in [5, 5.41) is 0. The van der Waals surface area contributed by atoms with Gasteiger partial charge in [-0.15, -0.1) is 23.5 Å². The number of allylic oxidation sites excluding steroid dienone is 1. The molecule has 0 unspecified atom stereocenters. The zero-order valence-corrected chi connectivity index (χ0v) is 12.5. The Balaban J connectivity index is 2.36. The van der Waals surface area contributed by atoms with Crippen LogP contribution in [-0.4, -0.2) is 35.1 Å². The lowest BCUT2D eigenvalue weighted by Gasteiger charge is -2.48. The predicted molar refractivity (Wildman–Crippen MR) is 76.6 cm³/mol. The van der Waals surface area contributed by atoms with Gasteiger partial charge in [0.2, 0.25) is 0 Å². The minimum absolute atomic E-state index is 0.256. The molecule has 0 N–H and O–H groups in total. The highest BCUT2D eigenvalue weighted by Gasteiger charge is 2.58. The topological polar surface area (TPSA) is 18.5 Å². The van der Waals surface area contributed by atoms with Gasteiger partial charge in [0.05, 0.1) is 0 Å². The van der Waals surface area contributed by atoms with Gasteiger partial charge in [0.1, 0.15) is 5.60 Å². The molecule has 2 rings (SSSR count). The van der Waals surface area contributed by atoms with Crippen LogP contribution >= 0.6 is 23.5 Å². The smallest absolute Gasteiger partial charge is 0.193 e. The summed E-state index contributed by atoms with van der Waals surface area (Å²) in [6.07, 6.45) is 6.72. The lowest BCUT2D eigenvalue weighted by atomic mass is 9.88. The Morgan fingerprint density at radius 3 is 2.53 bits per heavy atom. The Morgan fingerprint density at radius 1 is 1.35 bits per heavy atom. The molecule has 2 heterocycles. The Bertz CT molecular complexity index is 287. The standard InChI is InChI=1S/C13H22O2S2/c1-4-7-12(11(2)6-8-15-12)13(14-3)16-9-5-10-17-13/h4,7,11H,5-6,8-10H2,1-3H3/b7-4+/t11-,12-/m1/s1. The Hall–Kier alpha value is 0.360. The van der Waals surface area contributed by atoms with Crippen LogP contribution in [0.1, 0.15) is 26.7 Å². The largest absolute Gasteiger partial charge is 0.366 e. The van der Waals surface area contributed by atoms with Crippen molar-refractivity contribution in [2.75, 3.05) is 25.2 Å². The fourth-order valence-corrected chi connectivity index (χ4v) is 6.20. The van der Waals surface area contributed by atoms with Crippen molar-refractivity contribution in [1.29, 1.82) is 0 Å². The molecule has 0 aliphatic carbocycles. The first-order valence-electron chi connectivity index (χ1n) is 6.31. The summed E-state index contributed by atoms with van der Waals surface area (Å²) in [5.74, 6) is 2.84. The SMILES string of the molecule is C/C=C/[C@@]1(C2(OC)SCCCS2)OCC[C@H]1C. The van der Waals surface area contributed by atoms with Crippen LogP contribution in [0.3, 0.4) is 0 Å². The molecule has 17 heavy (non-hydrogen) atoms. The highest BCUT2D eigenvalue weighted by atomic mass is 32.2. The van der Waals surface area contributed by atoms with Crippen LogP contribution in [0.25, 0.3) is 0 Å². The number of ether oxygens (including phenoxy) is 2. The van der Waals surface area contributed by atoms with Crippen LogP contribution in [0, 0.1) is 5.92 Å². The van der Waals surface area contributed by atoms with Crippen molar-refractivity contribution in [1.82, 2.24) is 0 Å². The summed E-state index contributed by atoms with van der Waals surface area (Å²) in [4.78, 5) is 0. The molecule has 2 fully saturated rings.